The molecule has 19 heavy (non-hydrogen) atoms. The standard InChI is InChI=1S/C12H25NO6/c13-5-3-1-2-4-6-18-12-11(17)10(16)9(15)8(7-14)19-12/h8-12,14-17H,1-7,13H2. The van der Waals surface area contributed by atoms with Crippen LogP contribution in [0.3, 0.4) is 0 Å². The minimum absolute atomic E-state index is 0.382. The molecule has 0 aromatic heterocycles. The van der Waals surface area contributed by atoms with Crippen LogP contribution in [0.25, 0.3) is 0 Å². The van der Waals surface area contributed by atoms with Crippen LogP contribution in [-0.4, -0.2) is 70.9 Å². The van der Waals surface area contributed by atoms with Crippen LogP contribution in [0.5, 0.6) is 0 Å². The summed E-state index contributed by atoms with van der Waals surface area (Å²) < 4.78 is 10.5. The number of nitrogens with two attached hydrogens (primary N) is 1. The molecule has 0 bridgehead atoms. The van der Waals surface area contributed by atoms with Gasteiger partial charge in [0.25, 0.3) is 0 Å². The molecule has 7 nitrogen and oxygen atoms in total. The summed E-state index contributed by atoms with van der Waals surface area (Å²) in [6.45, 7) is 0.613. The first-order valence-electron chi connectivity index (χ1n) is 6.74. The smallest absolute Gasteiger partial charge is 0.186 e. The van der Waals surface area contributed by atoms with Crippen LogP contribution in [0.1, 0.15) is 25.7 Å². The van der Waals surface area contributed by atoms with E-state index in [0.717, 1.165) is 25.7 Å². The van der Waals surface area contributed by atoms with Crippen LogP contribution in [0, 0.1) is 0 Å². The lowest BCUT2D eigenvalue weighted by Gasteiger charge is -2.39. The van der Waals surface area contributed by atoms with E-state index in [9.17, 15) is 15.3 Å². The topological polar surface area (TPSA) is 125 Å². The van der Waals surface area contributed by atoms with E-state index in [2.05, 4.69) is 0 Å². The second-order valence-electron chi connectivity index (χ2n) is 4.77. The highest BCUT2D eigenvalue weighted by Crippen LogP contribution is 2.22. The summed E-state index contributed by atoms with van der Waals surface area (Å²) in [6.07, 6.45) is -2.22. The average Bonchev–Trinajstić information content (AvgIpc) is 2.42. The zero-order chi connectivity index (χ0) is 14.3. The summed E-state index contributed by atoms with van der Waals surface area (Å²) in [7, 11) is 0. The lowest BCUT2D eigenvalue weighted by molar-refractivity contribution is -0.301. The van der Waals surface area contributed by atoms with E-state index in [1.165, 1.54) is 0 Å². The Labute approximate surface area is 112 Å². The summed E-state index contributed by atoms with van der Waals surface area (Å²) in [4.78, 5) is 0. The molecule has 0 aromatic carbocycles. The van der Waals surface area contributed by atoms with E-state index in [1.807, 2.05) is 0 Å². The Morgan fingerprint density at radius 1 is 0.947 bits per heavy atom. The van der Waals surface area contributed by atoms with Gasteiger partial charge in [0, 0.05) is 6.61 Å². The Hall–Kier alpha value is -0.280. The van der Waals surface area contributed by atoms with Crippen molar-refractivity contribution in [2.45, 2.75) is 56.4 Å². The maximum Gasteiger partial charge on any atom is 0.186 e. The van der Waals surface area contributed by atoms with Crippen LogP contribution in [0.15, 0.2) is 0 Å². The predicted molar refractivity (Wildman–Crippen MR) is 67.2 cm³/mol. The first-order valence-corrected chi connectivity index (χ1v) is 6.74. The summed E-state index contributed by atoms with van der Waals surface area (Å²) in [5.41, 5.74) is 5.38. The fourth-order valence-electron chi connectivity index (χ4n) is 2.00. The molecule has 1 heterocycles. The molecule has 1 aliphatic rings. The Morgan fingerprint density at radius 3 is 2.26 bits per heavy atom. The Bertz CT molecular complexity index is 240. The zero-order valence-corrected chi connectivity index (χ0v) is 11.0. The summed E-state index contributed by atoms with van der Waals surface area (Å²) in [5.74, 6) is 0. The Kier molecular flexibility index (Phi) is 7.77. The van der Waals surface area contributed by atoms with Gasteiger partial charge in [0.1, 0.15) is 24.4 Å². The predicted octanol–water partition coefficient (Wildman–Crippen LogP) is -1.68. The maximum atomic E-state index is 9.70. The van der Waals surface area contributed by atoms with Crippen molar-refractivity contribution >= 4 is 0 Å². The van der Waals surface area contributed by atoms with Crippen molar-refractivity contribution in [3.63, 3.8) is 0 Å². The van der Waals surface area contributed by atoms with E-state index >= 15 is 0 Å². The van der Waals surface area contributed by atoms with Crippen molar-refractivity contribution in [1.29, 1.82) is 0 Å². The molecule has 7 heteroatoms. The highest BCUT2D eigenvalue weighted by atomic mass is 16.7. The minimum atomic E-state index is -1.38. The van der Waals surface area contributed by atoms with Gasteiger partial charge in [0.2, 0.25) is 0 Å². The second-order valence-corrected chi connectivity index (χ2v) is 4.77. The lowest BCUT2D eigenvalue weighted by Crippen LogP contribution is -2.59. The van der Waals surface area contributed by atoms with E-state index in [0.29, 0.717) is 13.2 Å². The third kappa shape index (κ3) is 4.96. The molecule has 0 radical (unpaired) electrons. The van der Waals surface area contributed by atoms with Crippen molar-refractivity contribution in [2.24, 2.45) is 5.73 Å². The van der Waals surface area contributed by atoms with Gasteiger partial charge < -0.3 is 35.6 Å². The monoisotopic (exact) mass is 279 g/mol. The number of hydrogen-bond donors (Lipinski definition) is 5. The molecule has 6 N–H and O–H groups in total. The number of hydrogen-bond acceptors (Lipinski definition) is 7. The molecule has 0 spiro atoms. The van der Waals surface area contributed by atoms with Gasteiger partial charge in [-0.15, -0.1) is 0 Å². The summed E-state index contributed by atoms with van der Waals surface area (Å²) >= 11 is 0. The van der Waals surface area contributed by atoms with E-state index in [-0.39, 0.29) is 0 Å². The first-order chi connectivity index (χ1) is 9.11. The highest BCUT2D eigenvalue weighted by Gasteiger charge is 2.43. The van der Waals surface area contributed by atoms with E-state index in [4.69, 9.17) is 20.3 Å². The SMILES string of the molecule is NCCCCCCOC1OC(CO)C(O)C(O)C1O. The molecule has 5 atom stereocenters. The van der Waals surface area contributed by atoms with Crippen molar-refractivity contribution in [1.82, 2.24) is 0 Å². The zero-order valence-electron chi connectivity index (χ0n) is 11.0. The molecule has 1 aliphatic heterocycles. The van der Waals surface area contributed by atoms with Crippen LogP contribution >= 0.6 is 0 Å². The minimum Gasteiger partial charge on any atom is -0.394 e. The molecule has 1 saturated heterocycles. The van der Waals surface area contributed by atoms with Gasteiger partial charge in [-0.1, -0.05) is 12.8 Å². The molecule has 0 aliphatic carbocycles. The van der Waals surface area contributed by atoms with Crippen molar-refractivity contribution in [3.05, 3.63) is 0 Å². The van der Waals surface area contributed by atoms with Gasteiger partial charge in [-0.05, 0) is 19.4 Å². The molecule has 1 rings (SSSR count). The number of rotatable bonds is 8. The molecule has 1 fully saturated rings. The molecule has 0 amide bonds. The van der Waals surface area contributed by atoms with Crippen LogP contribution in [0.2, 0.25) is 0 Å². The fourth-order valence-corrected chi connectivity index (χ4v) is 2.00. The molecule has 114 valence electrons. The number of aliphatic hydroxyl groups is 4. The normalized spacial score (nSPS) is 35.5. The molecule has 0 saturated carbocycles. The van der Waals surface area contributed by atoms with Gasteiger partial charge in [0.15, 0.2) is 6.29 Å². The van der Waals surface area contributed by atoms with Crippen LogP contribution in [0.4, 0.5) is 0 Å². The summed E-state index contributed by atoms with van der Waals surface area (Å²) in [5, 5.41) is 37.8. The second kappa shape index (κ2) is 8.80. The van der Waals surface area contributed by atoms with Gasteiger partial charge in [-0.2, -0.15) is 0 Å². The van der Waals surface area contributed by atoms with E-state index in [1.54, 1.807) is 0 Å². The Morgan fingerprint density at radius 2 is 1.63 bits per heavy atom. The van der Waals surface area contributed by atoms with Gasteiger partial charge >= 0.3 is 0 Å². The maximum absolute atomic E-state index is 9.70. The number of aliphatic hydroxyl groups excluding tert-OH is 4. The highest BCUT2D eigenvalue weighted by molar-refractivity contribution is 4.88. The molecule has 5 unspecified atom stereocenters. The number of ether oxygens (including phenoxy) is 2. The summed E-state index contributed by atoms with van der Waals surface area (Å²) in [6, 6.07) is 0. The average molecular weight is 279 g/mol. The van der Waals surface area contributed by atoms with Gasteiger partial charge in [-0.3, -0.25) is 0 Å². The quantitative estimate of drug-likeness (QED) is 0.336. The first kappa shape index (κ1) is 16.8. The van der Waals surface area contributed by atoms with Crippen molar-refractivity contribution in [2.75, 3.05) is 19.8 Å². The third-order valence-electron chi connectivity index (χ3n) is 3.23. The number of unbranched alkanes of at least 4 members (excludes halogenated alkanes) is 3. The fraction of sp³-hybridized carbons (Fsp3) is 1.00. The van der Waals surface area contributed by atoms with Gasteiger partial charge in [-0.25, -0.2) is 0 Å². The third-order valence-corrected chi connectivity index (χ3v) is 3.23. The largest absolute Gasteiger partial charge is 0.394 e. The van der Waals surface area contributed by atoms with Crippen molar-refractivity contribution in [3.8, 4) is 0 Å². The van der Waals surface area contributed by atoms with Gasteiger partial charge in [0.05, 0.1) is 6.61 Å². The lowest BCUT2D eigenvalue weighted by atomic mass is 9.99. The van der Waals surface area contributed by atoms with E-state index < -0.39 is 37.3 Å². The Balaban J connectivity index is 2.28. The molecule has 0 aromatic rings. The molecular formula is C12H25NO6. The molecular weight excluding hydrogens is 254 g/mol. The van der Waals surface area contributed by atoms with Crippen molar-refractivity contribution < 1.29 is 29.9 Å². The van der Waals surface area contributed by atoms with Crippen LogP contribution in [-0.2, 0) is 9.47 Å². The van der Waals surface area contributed by atoms with Crippen LogP contribution < -0.4 is 5.73 Å².